The highest BCUT2D eigenvalue weighted by Gasteiger charge is 2.10. The molecule has 4 heteroatoms. The average molecular weight is 401 g/mol. The number of aliphatic hydroxyl groups excluding tert-OH is 1. The van der Waals surface area contributed by atoms with E-state index < -0.39 is 6.10 Å². The number of hydrogen-bond donors (Lipinski definition) is 1. The lowest BCUT2D eigenvalue weighted by Crippen LogP contribution is -2.02. The first-order chi connectivity index (χ1) is 12.1. The third-order valence-electron chi connectivity index (χ3n) is 3.93. The van der Waals surface area contributed by atoms with Crippen LogP contribution in [0, 0.1) is 5.82 Å². The number of rotatable bonds is 6. The molecule has 0 saturated carbocycles. The molecular weight excluding hydrogens is 383 g/mol. The quantitative estimate of drug-likeness (QED) is 0.596. The maximum Gasteiger partial charge on any atom is 0.137 e. The maximum absolute atomic E-state index is 13.3. The molecule has 0 amide bonds. The van der Waals surface area contributed by atoms with Gasteiger partial charge in [0.2, 0.25) is 0 Å². The fourth-order valence-electron chi connectivity index (χ4n) is 2.53. The molecule has 0 saturated heterocycles. The van der Waals surface area contributed by atoms with Gasteiger partial charge in [0.05, 0.1) is 10.6 Å². The van der Waals surface area contributed by atoms with E-state index in [9.17, 15) is 9.50 Å². The van der Waals surface area contributed by atoms with Crippen molar-refractivity contribution in [2.45, 2.75) is 19.1 Å². The molecular formula is C21H18BrFO2. The summed E-state index contributed by atoms with van der Waals surface area (Å²) in [5, 5.41) is 10.4. The summed E-state index contributed by atoms with van der Waals surface area (Å²) in [6.45, 7) is 0.506. The highest BCUT2D eigenvalue weighted by Crippen LogP contribution is 2.24. The summed E-state index contributed by atoms with van der Waals surface area (Å²) in [4.78, 5) is 0. The van der Waals surface area contributed by atoms with Crippen molar-refractivity contribution >= 4 is 15.9 Å². The van der Waals surface area contributed by atoms with Crippen LogP contribution in [0.1, 0.15) is 22.8 Å². The molecule has 25 heavy (non-hydrogen) atoms. The van der Waals surface area contributed by atoms with Gasteiger partial charge in [-0.05, 0) is 56.9 Å². The van der Waals surface area contributed by atoms with Crippen LogP contribution in [0.5, 0.6) is 5.75 Å². The van der Waals surface area contributed by atoms with Gasteiger partial charge in [-0.1, -0.05) is 48.5 Å². The van der Waals surface area contributed by atoms with Crippen molar-refractivity contribution in [2.75, 3.05) is 0 Å². The Hall–Kier alpha value is -2.17. The van der Waals surface area contributed by atoms with Gasteiger partial charge in [-0.3, -0.25) is 0 Å². The molecule has 0 spiro atoms. The molecule has 1 N–H and O–H groups in total. The SMILES string of the molecule is OC(Cc1ccc(F)c(Br)c1)c1ccc(OCc2ccccc2)cc1. The van der Waals surface area contributed by atoms with Crippen molar-refractivity contribution in [3.63, 3.8) is 0 Å². The number of halogens is 2. The minimum absolute atomic E-state index is 0.307. The topological polar surface area (TPSA) is 29.5 Å². The van der Waals surface area contributed by atoms with Gasteiger partial charge in [0.1, 0.15) is 18.2 Å². The van der Waals surface area contributed by atoms with E-state index in [0.29, 0.717) is 17.5 Å². The van der Waals surface area contributed by atoms with Crippen LogP contribution < -0.4 is 4.74 Å². The van der Waals surface area contributed by atoms with Crippen molar-refractivity contribution in [3.05, 3.63) is 99.8 Å². The summed E-state index contributed by atoms with van der Waals surface area (Å²) in [5.74, 6) is 0.447. The van der Waals surface area contributed by atoms with E-state index >= 15 is 0 Å². The standard InChI is InChI=1S/C21H18BrFO2/c22-19-12-16(6-11-20(19)23)13-21(24)17-7-9-18(10-8-17)25-14-15-4-2-1-3-5-15/h1-12,21,24H,13-14H2. The molecule has 0 fully saturated rings. The smallest absolute Gasteiger partial charge is 0.137 e. The fraction of sp³-hybridized carbons (Fsp3) is 0.143. The molecule has 1 atom stereocenters. The van der Waals surface area contributed by atoms with Gasteiger partial charge in [-0.2, -0.15) is 0 Å². The predicted molar refractivity (Wildman–Crippen MR) is 100.0 cm³/mol. The summed E-state index contributed by atoms with van der Waals surface area (Å²) >= 11 is 3.17. The predicted octanol–water partition coefficient (Wildman–Crippen LogP) is 5.44. The molecule has 0 aliphatic heterocycles. The Balaban J connectivity index is 1.60. The Labute approximate surface area is 155 Å². The second kappa shape index (κ2) is 8.28. The van der Waals surface area contributed by atoms with E-state index in [0.717, 1.165) is 22.4 Å². The van der Waals surface area contributed by atoms with Crippen molar-refractivity contribution in [1.29, 1.82) is 0 Å². The zero-order chi connectivity index (χ0) is 17.6. The lowest BCUT2D eigenvalue weighted by Gasteiger charge is -2.13. The van der Waals surface area contributed by atoms with Crippen molar-refractivity contribution in [1.82, 2.24) is 0 Å². The van der Waals surface area contributed by atoms with E-state index in [4.69, 9.17) is 4.74 Å². The minimum Gasteiger partial charge on any atom is -0.489 e. The Kier molecular flexibility index (Phi) is 5.84. The van der Waals surface area contributed by atoms with Crippen LogP contribution in [-0.4, -0.2) is 5.11 Å². The maximum atomic E-state index is 13.3. The number of aliphatic hydroxyl groups is 1. The Bertz CT molecular complexity index is 819. The van der Waals surface area contributed by atoms with Gasteiger partial charge in [0, 0.05) is 6.42 Å². The van der Waals surface area contributed by atoms with E-state index in [1.165, 1.54) is 6.07 Å². The highest BCUT2D eigenvalue weighted by molar-refractivity contribution is 9.10. The first-order valence-electron chi connectivity index (χ1n) is 8.00. The Morgan fingerprint density at radius 1 is 0.920 bits per heavy atom. The van der Waals surface area contributed by atoms with Crippen molar-refractivity contribution in [3.8, 4) is 5.75 Å². The third-order valence-corrected chi connectivity index (χ3v) is 4.53. The van der Waals surface area contributed by atoms with Gasteiger partial charge in [-0.25, -0.2) is 4.39 Å². The summed E-state index contributed by atoms with van der Waals surface area (Å²) in [6, 6.07) is 22.1. The second-order valence-electron chi connectivity index (χ2n) is 5.81. The van der Waals surface area contributed by atoms with Crippen LogP contribution in [0.25, 0.3) is 0 Å². The molecule has 3 aromatic carbocycles. The molecule has 1 unspecified atom stereocenters. The summed E-state index contributed by atoms with van der Waals surface area (Å²) < 4.78 is 19.4. The van der Waals surface area contributed by atoms with Crippen LogP contribution in [-0.2, 0) is 13.0 Å². The lowest BCUT2D eigenvalue weighted by molar-refractivity contribution is 0.178. The van der Waals surface area contributed by atoms with E-state index in [1.807, 2.05) is 54.6 Å². The second-order valence-corrected chi connectivity index (χ2v) is 6.67. The van der Waals surface area contributed by atoms with E-state index in [-0.39, 0.29) is 5.82 Å². The number of ether oxygens (including phenoxy) is 1. The fourth-order valence-corrected chi connectivity index (χ4v) is 2.96. The molecule has 2 nitrogen and oxygen atoms in total. The van der Waals surface area contributed by atoms with Gasteiger partial charge in [-0.15, -0.1) is 0 Å². The van der Waals surface area contributed by atoms with Crippen molar-refractivity contribution in [2.24, 2.45) is 0 Å². The molecule has 0 radical (unpaired) electrons. The average Bonchev–Trinajstić information content (AvgIpc) is 2.64. The number of hydrogen-bond acceptors (Lipinski definition) is 2. The zero-order valence-corrected chi connectivity index (χ0v) is 15.1. The van der Waals surface area contributed by atoms with Crippen LogP contribution in [0.15, 0.2) is 77.3 Å². The largest absolute Gasteiger partial charge is 0.489 e. The van der Waals surface area contributed by atoms with Crippen molar-refractivity contribution < 1.29 is 14.2 Å². The summed E-state index contributed by atoms with van der Waals surface area (Å²) in [5.41, 5.74) is 2.77. The normalized spacial score (nSPS) is 12.0. The van der Waals surface area contributed by atoms with Gasteiger partial charge >= 0.3 is 0 Å². The first kappa shape index (κ1) is 17.6. The number of benzene rings is 3. The first-order valence-corrected chi connectivity index (χ1v) is 8.80. The minimum atomic E-state index is -0.652. The van der Waals surface area contributed by atoms with Gasteiger partial charge < -0.3 is 9.84 Å². The highest BCUT2D eigenvalue weighted by atomic mass is 79.9. The van der Waals surface area contributed by atoms with E-state index in [2.05, 4.69) is 15.9 Å². The molecule has 0 bridgehead atoms. The molecule has 3 rings (SSSR count). The van der Waals surface area contributed by atoms with Crippen LogP contribution in [0.3, 0.4) is 0 Å². The molecule has 0 aromatic heterocycles. The monoisotopic (exact) mass is 400 g/mol. The molecule has 0 heterocycles. The summed E-state index contributed by atoms with van der Waals surface area (Å²) in [7, 11) is 0. The summed E-state index contributed by atoms with van der Waals surface area (Å²) in [6.07, 6.45) is -0.233. The molecule has 0 aliphatic carbocycles. The molecule has 0 aliphatic rings. The Morgan fingerprint density at radius 2 is 1.64 bits per heavy atom. The van der Waals surface area contributed by atoms with Gasteiger partial charge in [0.25, 0.3) is 0 Å². The Morgan fingerprint density at radius 3 is 2.32 bits per heavy atom. The van der Waals surface area contributed by atoms with Crippen LogP contribution in [0.2, 0.25) is 0 Å². The van der Waals surface area contributed by atoms with Crippen LogP contribution in [0.4, 0.5) is 4.39 Å². The van der Waals surface area contributed by atoms with Gasteiger partial charge in [0.15, 0.2) is 0 Å². The third kappa shape index (κ3) is 4.91. The molecule has 3 aromatic rings. The molecule has 128 valence electrons. The zero-order valence-electron chi connectivity index (χ0n) is 13.5. The lowest BCUT2D eigenvalue weighted by atomic mass is 10.0. The van der Waals surface area contributed by atoms with E-state index in [1.54, 1.807) is 12.1 Å². The van der Waals surface area contributed by atoms with Crippen LogP contribution >= 0.6 is 15.9 Å².